The highest BCUT2D eigenvalue weighted by molar-refractivity contribution is 8.01. The van der Waals surface area contributed by atoms with Crippen molar-refractivity contribution in [2.24, 2.45) is 0 Å². The van der Waals surface area contributed by atoms with Crippen LogP contribution in [0.1, 0.15) is 37.0 Å². The van der Waals surface area contributed by atoms with Gasteiger partial charge < -0.3 is 4.74 Å². The number of carbonyl (C=O) groups is 2. The number of amides is 1. The van der Waals surface area contributed by atoms with Crippen LogP contribution in [0.2, 0.25) is 0 Å². The Balaban J connectivity index is 2.06. The van der Waals surface area contributed by atoms with Crippen LogP contribution in [0.15, 0.2) is 12.1 Å². The molecule has 1 aromatic heterocycles. The van der Waals surface area contributed by atoms with Crippen LogP contribution in [-0.2, 0) is 14.3 Å². The standard InChI is InChI=1S/C19H25N3O3S2/c1-6-14(26-10-15(23)25-7-2)17(24)20-19-22-21-18(27-19)16-12(4)8-11(3)9-13(16)5/h8-9,14H,6-7,10H2,1-5H3,(H,20,22,24). The third-order valence-electron chi connectivity index (χ3n) is 3.92. The number of anilines is 1. The van der Waals surface area contributed by atoms with E-state index in [0.29, 0.717) is 18.2 Å². The summed E-state index contributed by atoms with van der Waals surface area (Å²) in [5.41, 5.74) is 4.54. The van der Waals surface area contributed by atoms with Gasteiger partial charge in [-0.05, 0) is 45.2 Å². The monoisotopic (exact) mass is 407 g/mol. The zero-order chi connectivity index (χ0) is 20.0. The summed E-state index contributed by atoms with van der Waals surface area (Å²) in [6.07, 6.45) is 0.609. The lowest BCUT2D eigenvalue weighted by Crippen LogP contribution is -2.26. The van der Waals surface area contributed by atoms with Gasteiger partial charge in [0.2, 0.25) is 11.0 Å². The second kappa shape index (κ2) is 9.85. The molecule has 0 aliphatic rings. The molecular weight excluding hydrogens is 382 g/mol. The van der Waals surface area contributed by atoms with Crippen molar-refractivity contribution in [3.05, 3.63) is 28.8 Å². The molecule has 1 unspecified atom stereocenters. The van der Waals surface area contributed by atoms with Crippen molar-refractivity contribution >= 4 is 40.1 Å². The van der Waals surface area contributed by atoms with Crippen LogP contribution in [0, 0.1) is 20.8 Å². The van der Waals surface area contributed by atoms with Crippen molar-refractivity contribution in [3.8, 4) is 10.6 Å². The molecule has 0 saturated heterocycles. The normalized spacial score (nSPS) is 11.9. The highest BCUT2D eigenvalue weighted by atomic mass is 32.2. The summed E-state index contributed by atoms with van der Waals surface area (Å²) in [6.45, 7) is 10.2. The first-order valence-electron chi connectivity index (χ1n) is 8.85. The number of hydrogen-bond acceptors (Lipinski definition) is 7. The van der Waals surface area contributed by atoms with Crippen LogP contribution >= 0.6 is 23.1 Å². The highest BCUT2D eigenvalue weighted by Crippen LogP contribution is 2.32. The SMILES string of the molecule is CCOC(=O)CSC(CC)C(=O)Nc1nnc(-c2c(C)cc(C)cc2C)s1. The molecule has 6 nitrogen and oxygen atoms in total. The van der Waals surface area contributed by atoms with Crippen molar-refractivity contribution in [1.29, 1.82) is 0 Å². The van der Waals surface area contributed by atoms with Crippen molar-refractivity contribution < 1.29 is 14.3 Å². The Bertz CT molecular complexity index is 797. The Hall–Kier alpha value is -1.93. The Morgan fingerprint density at radius 3 is 2.44 bits per heavy atom. The molecule has 2 aromatic rings. The zero-order valence-electron chi connectivity index (χ0n) is 16.3. The fourth-order valence-electron chi connectivity index (χ4n) is 2.83. The molecule has 1 amide bonds. The van der Waals surface area contributed by atoms with Gasteiger partial charge in [-0.2, -0.15) is 0 Å². The first-order valence-corrected chi connectivity index (χ1v) is 10.7. The summed E-state index contributed by atoms with van der Waals surface area (Å²) in [6, 6.07) is 4.22. The van der Waals surface area contributed by atoms with E-state index in [-0.39, 0.29) is 22.9 Å². The van der Waals surface area contributed by atoms with Gasteiger partial charge in [-0.15, -0.1) is 22.0 Å². The van der Waals surface area contributed by atoms with E-state index in [9.17, 15) is 9.59 Å². The molecule has 0 aliphatic carbocycles. The molecule has 1 heterocycles. The summed E-state index contributed by atoms with van der Waals surface area (Å²) in [5.74, 6) is -0.327. The van der Waals surface area contributed by atoms with Crippen LogP contribution in [0.5, 0.6) is 0 Å². The van der Waals surface area contributed by atoms with Gasteiger partial charge in [-0.1, -0.05) is 36.0 Å². The number of thioether (sulfide) groups is 1. The predicted octanol–water partition coefficient (Wildman–Crippen LogP) is 4.14. The lowest BCUT2D eigenvalue weighted by molar-refractivity contribution is -0.139. The molecule has 27 heavy (non-hydrogen) atoms. The van der Waals surface area contributed by atoms with E-state index in [2.05, 4.69) is 34.6 Å². The number of hydrogen-bond donors (Lipinski definition) is 1. The quantitative estimate of drug-likeness (QED) is 0.662. The highest BCUT2D eigenvalue weighted by Gasteiger charge is 2.21. The van der Waals surface area contributed by atoms with Gasteiger partial charge in [-0.3, -0.25) is 14.9 Å². The fraction of sp³-hybridized carbons (Fsp3) is 0.474. The lowest BCUT2D eigenvalue weighted by atomic mass is 10.0. The number of aromatic nitrogens is 2. The van der Waals surface area contributed by atoms with Gasteiger partial charge in [0.15, 0.2) is 0 Å². The molecule has 0 fully saturated rings. The van der Waals surface area contributed by atoms with Gasteiger partial charge in [0.1, 0.15) is 5.01 Å². The van der Waals surface area contributed by atoms with Gasteiger partial charge in [-0.25, -0.2) is 0 Å². The second-order valence-electron chi connectivity index (χ2n) is 6.19. The number of aryl methyl sites for hydroxylation is 3. The van der Waals surface area contributed by atoms with Crippen molar-refractivity contribution in [2.75, 3.05) is 17.7 Å². The van der Waals surface area contributed by atoms with Gasteiger partial charge in [0, 0.05) is 5.56 Å². The Morgan fingerprint density at radius 1 is 1.19 bits per heavy atom. The summed E-state index contributed by atoms with van der Waals surface area (Å²) in [5, 5.41) is 12.1. The molecule has 0 spiro atoms. The van der Waals surface area contributed by atoms with Crippen LogP contribution in [-0.4, -0.2) is 39.7 Å². The van der Waals surface area contributed by atoms with Crippen LogP contribution in [0.25, 0.3) is 10.6 Å². The first kappa shape index (κ1) is 21.4. The summed E-state index contributed by atoms with van der Waals surface area (Å²) in [7, 11) is 0. The molecule has 1 N–H and O–H groups in total. The van der Waals surface area contributed by atoms with Crippen LogP contribution in [0.4, 0.5) is 5.13 Å². The van der Waals surface area contributed by atoms with E-state index >= 15 is 0 Å². The number of nitrogens with zero attached hydrogens (tertiary/aromatic N) is 2. The Labute approximate surface area is 168 Å². The average molecular weight is 408 g/mol. The number of carbonyl (C=O) groups excluding carboxylic acids is 2. The van der Waals surface area contributed by atoms with Gasteiger partial charge >= 0.3 is 5.97 Å². The molecule has 0 radical (unpaired) electrons. The molecule has 0 saturated carbocycles. The largest absolute Gasteiger partial charge is 0.465 e. The minimum atomic E-state index is -0.343. The number of nitrogens with one attached hydrogen (secondary N) is 1. The average Bonchev–Trinajstić information content (AvgIpc) is 3.02. The molecular formula is C19H25N3O3S2. The third kappa shape index (κ3) is 5.77. The zero-order valence-corrected chi connectivity index (χ0v) is 17.9. The summed E-state index contributed by atoms with van der Waals surface area (Å²) >= 11 is 2.63. The maximum Gasteiger partial charge on any atom is 0.315 e. The van der Waals surface area contributed by atoms with Crippen LogP contribution in [0.3, 0.4) is 0 Å². The number of esters is 1. The number of rotatable bonds is 8. The molecule has 0 bridgehead atoms. The second-order valence-corrected chi connectivity index (χ2v) is 8.36. The molecule has 1 atom stereocenters. The van der Waals surface area contributed by atoms with E-state index in [4.69, 9.17) is 4.74 Å². The minimum Gasteiger partial charge on any atom is -0.465 e. The maximum absolute atomic E-state index is 12.5. The molecule has 2 rings (SSSR count). The fourth-order valence-corrected chi connectivity index (χ4v) is 4.62. The minimum absolute atomic E-state index is 0.156. The third-order valence-corrected chi connectivity index (χ3v) is 6.13. The summed E-state index contributed by atoms with van der Waals surface area (Å²) in [4.78, 5) is 24.0. The van der Waals surface area contributed by atoms with E-state index in [1.165, 1.54) is 28.7 Å². The van der Waals surface area contributed by atoms with Gasteiger partial charge in [0.05, 0.1) is 17.6 Å². The van der Waals surface area contributed by atoms with Crippen molar-refractivity contribution in [3.63, 3.8) is 0 Å². The van der Waals surface area contributed by atoms with E-state index < -0.39 is 0 Å². The summed E-state index contributed by atoms with van der Waals surface area (Å²) < 4.78 is 4.91. The molecule has 146 valence electrons. The number of ether oxygens (including phenoxy) is 1. The van der Waals surface area contributed by atoms with Crippen molar-refractivity contribution in [2.45, 2.75) is 46.3 Å². The predicted molar refractivity (Wildman–Crippen MR) is 111 cm³/mol. The Kier molecular flexibility index (Phi) is 7.79. The maximum atomic E-state index is 12.5. The topological polar surface area (TPSA) is 81.2 Å². The van der Waals surface area contributed by atoms with E-state index in [0.717, 1.165) is 21.7 Å². The Morgan fingerprint density at radius 2 is 1.85 bits per heavy atom. The first-order chi connectivity index (χ1) is 12.8. The van der Waals surface area contributed by atoms with E-state index in [1.807, 2.05) is 20.8 Å². The van der Waals surface area contributed by atoms with Crippen LogP contribution < -0.4 is 5.32 Å². The van der Waals surface area contributed by atoms with E-state index in [1.54, 1.807) is 6.92 Å². The molecule has 8 heteroatoms. The number of benzene rings is 1. The van der Waals surface area contributed by atoms with Crippen molar-refractivity contribution in [1.82, 2.24) is 10.2 Å². The molecule has 1 aromatic carbocycles. The molecule has 0 aliphatic heterocycles. The van der Waals surface area contributed by atoms with Gasteiger partial charge in [0.25, 0.3) is 0 Å². The lowest BCUT2D eigenvalue weighted by Gasteiger charge is -2.12. The smallest absolute Gasteiger partial charge is 0.315 e.